The molecule has 6 heteroatoms. The number of hydrogen-bond donors (Lipinski definition) is 1. The van der Waals surface area contributed by atoms with E-state index in [9.17, 15) is 10.1 Å². The molecule has 1 heterocycles. The molecule has 1 N–H and O–H groups in total. The van der Waals surface area contributed by atoms with Crippen LogP contribution in [0.1, 0.15) is 12.8 Å². The lowest BCUT2D eigenvalue weighted by molar-refractivity contribution is -0.384. The summed E-state index contributed by atoms with van der Waals surface area (Å²) >= 11 is 4.17. The summed E-state index contributed by atoms with van der Waals surface area (Å²) < 4.78 is 0.909. The lowest BCUT2D eigenvalue weighted by atomic mass is 10.0. The van der Waals surface area contributed by atoms with Gasteiger partial charge < -0.3 is 5.32 Å². The molecule has 1 aliphatic rings. The molecule has 0 bridgehead atoms. The number of nitro benzene ring substituents is 1. The van der Waals surface area contributed by atoms with Crippen LogP contribution in [0.5, 0.6) is 0 Å². The third-order valence-electron chi connectivity index (χ3n) is 3.09. The molecule has 1 aliphatic heterocycles. The number of nitrogens with one attached hydrogen (secondary N) is 1. The Morgan fingerprint density at radius 1 is 1.44 bits per heavy atom. The van der Waals surface area contributed by atoms with Crippen LogP contribution in [0.3, 0.4) is 0 Å². The molecule has 98 valence electrons. The number of rotatable bonds is 4. The highest BCUT2D eigenvalue weighted by molar-refractivity contribution is 14.1. The molecule has 1 aromatic rings. The number of non-ortho nitro benzene ring substituents is 1. The van der Waals surface area contributed by atoms with Crippen LogP contribution in [0.15, 0.2) is 18.2 Å². The van der Waals surface area contributed by atoms with Crippen molar-refractivity contribution in [2.45, 2.75) is 12.8 Å². The predicted octanol–water partition coefficient (Wildman–Crippen LogP) is 3.75. The molecule has 0 unspecified atom stereocenters. The fourth-order valence-corrected chi connectivity index (χ4v) is 3.86. The van der Waals surface area contributed by atoms with E-state index in [0.29, 0.717) is 0 Å². The van der Waals surface area contributed by atoms with Gasteiger partial charge in [0.25, 0.3) is 5.69 Å². The first-order chi connectivity index (χ1) is 8.66. The maximum absolute atomic E-state index is 10.6. The maximum Gasteiger partial charge on any atom is 0.270 e. The second kappa shape index (κ2) is 6.60. The smallest absolute Gasteiger partial charge is 0.270 e. The molecule has 1 aromatic carbocycles. The Kier molecular flexibility index (Phi) is 5.11. The Bertz CT molecular complexity index is 436. The molecule has 2 rings (SSSR count). The molecular formula is C12H15IN2O2S. The molecule has 0 atom stereocenters. The number of thioether (sulfide) groups is 1. The SMILES string of the molecule is O=[N+]([O-])c1ccc(NCC2CCSCC2)c(I)c1. The Balaban J connectivity index is 1.94. The van der Waals surface area contributed by atoms with Crippen LogP contribution >= 0.6 is 34.4 Å². The summed E-state index contributed by atoms with van der Waals surface area (Å²) in [7, 11) is 0. The Morgan fingerprint density at radius 3 is 2.78 bits per heavy atom. The van der Waals surface area contributed by atoms with Gasteiger partial charge in [-0.2, -0.15) is 11.8 Å². The first-order valence-electron chi connectivity index (χ1n) is 5.92. The van der Waals surface area contributed by atoms with Gasteiger partial charge in [-0.1, -0.05) is 0 Å². The average Bonchev–Trinajstić information content (AvgIpc) is 2.38. The van der Waals surface area contributed by atoms with Gasteiger partial charge in [-0.05, 0) is 58.9 Å². The first-order valence-corrected chi connectivity index (χ1v) is 8.15. The van der Waals surface area contributed by atoms with Gasteiger partial charge >= 0.3 is 0 Å². The number of nitrogens with zero attached hydrogens (tertiary/aromatic N) is 1. The van der Waals surface area contributed by atoms with E-state index in [1.807, 2.05) is 11.8 Å². The van der Waals surface area contributed by atoms with E-state index in [1.165, 1.54) is 24.3 Å². The quantitative estimate of drug-likeness (QED) is 0.493. The summed E-state index contributed by atoms with van der Waals surface area (Å²) in [5.74, 6) is 3.24. The van der Waals surface area contributed by atoms with E-state index in [0.717, 1.165) is 21.7 Å². The zero-order chi connectivity index (χ0) is 13.0. The topological polar surface area (TPSA) is 55.2 Å². The van der Waals surface area contributed by atoms with Crippen LogP contribution in [0, 0.1) is 19.6 Å². The molecule has 0 spiro atoms. The van der Waals surface area contributed by atoms with Gasteiger partial charge in [-0.3, -0.25) is 10.1 Å². The van der Waals surface area contributed by atoms with Crippen molar-refractivity contribution in [1.82, 2.24) is 0 Å². The summed E-state index contributed by atoms with van der Waals surface area (Å²) in [6.45, 7) is 0.967. The number of anilines is 1. The van der Waals surface area contributed by atoms with E-state index in [1.54, 1.807) is 18.2 Å². The number of halogens is 1. The lowest BCUT2D eigenvalue weighted by Crippen LogP contribution is -2.19. The van der Waals surface area contributed by atoms with Gasteiger partial charge in [0.05, 0.1) is 4.92 Å². The average molecular weight is 378 g/mol. The van der Waals surface area contributed by atoms with Crippen LogP contribution in [-0.4, -0.2) is 23.0 Å². The van der Waals surface area contributed by atoms with Crippen LogP contribution in [-0.2, 0) is 0 Å². The summed E-state index contributed by atoms with van der Waals surface area (Å²) in [6, 6.07) is 4.97. The standard InChI is InChI=1S/C12H15IN2O2S/c13-11-7-10(15(16)17)1-2-12(11)14-8-9-3-5-18-6-4-9/h1-2,7,9,14H,3-6,8H2. The molecule has 1 fully saturated rings. The van der Waals surface area contributed by atoms with Crippen molar-refractivity contribution in [3.8, 4) is 0 Å². The molecular weight excluding hydrogens is 363 g/mol. The van der Waals surface area contributed by atoms with Gasteiger partial charge in [0.2, 0.25) is 0 Å². The van der Waals surface area contributed by atoms with Gasteiger partial charge in [-0.15, -0.1) is 0 Å². The highest BCUT2D eigenvalue weighted by atomic mass is 127. The van der Waals surface area contributed by atoms with Crippen molar-refractivity contribution in [3.63, 3.8) is 0 Å². The summed E-state index contributed by atoms with van der Waals surface area (Å²) in [5, 5.41) is 14.1. The van der Waals surface area contributed by atoms with Crippen molar-refractivity contribution >= 4 is 45.7 Å². The van der Waals surface area contributed by atoms with E-state index < -0.39 is 0 Å². The largest absolute Gasteiger partial charge is 0.384 e. The molecule has 0 aromatic heterocycles. The van der Waals surface area contributed by atoms with Gasteiger partial charge in [-0.25, -0.2) is 0 Å². The van der Waals surface area contributed by atoms with E-state index in [2.05, 4.69) is 27.9 Å². The van der Waals surface area contributed by atoms with Crippen LogP contribution in [0.2, 0.25) is 0 Å². The van der Waals surface area contributed by atoms with Crippen LogP contribution in [0.4, 0.5) is 11.4 Å². The molecule has 1 saturated heterocycles. The van der Waals surface area contributed by atoms with Crippen LogP contribution in [0.25, 0.3) is 0 Å². The molecule has 0 aliphatic carbocycles. The van der Waals surface area contributed by atoms with Crippen molar-refractivity contribution in [2.24, 2.45) is 5.92 Å². The Morgan fingerprint density at radius 2 is 2.17 bits per heavy atom. The van der Waals surface area contributed by atoms with Gasteiger partial charge in [0.1, 0.15) is 0 Å². The lowest BCUT2D eigenvalue weighted by Gasteiger charge is -2.22. The Hall–Kier alpha value is -0.500. The zero-order valence-corrected chi connectivity index (χ0v) is 12.9. The van der Waals surface area contributed by atoms with E-state index in [4.69, 9.17) is 0 Å². The highest BCUT2D eigenvalue weighted by Gasteiger charge is 2.14. The summed E-state index contributed by atoms with van der Waals surface area (Å²) in [5.41, 5.74) is 1.15. The summed E-state index contributed by atoms with van der Waals surface area (Å²) in [6.07, 6.45) is 2.53. The fraction of sp³-hybridized carbons (Fsp3) is 0.500. The predicted molar refractivity (Wildman–Crippen MR) is 84.4 cm³/mol. The molecule has 0 amide bonds. The minimum absolute atomic E-state index is 0.152. The normalized spacial score (nSPS) is 16.5. The first kappa shape index (κ1) is 13.9. The third-order valence-corrected chi connectivity index (χ3v) is 5.03. The van der Waals surface area contributed by atoms with Crippen molar-refractivity contribution in [1.29, 1.82) is 0 Å². The third kappa shape index (κ3) is 3.74. The van der Waals surface area contributed by atoms with Gasteiger partial charge in [0.15, 0.2) is 0 Å². The highest BCUT2D eigenvalue weighted by Crippen LogP contribution is 2.26. The second-order valence-corrected chi connectivity index (χ2v) is 6.74. The zero-order valence-electron chi connectivity index (χ0n) is 9.89. The minimum atomic E-state index is -0.357. The molecule has 0 saturated carbocycles. The number of hydrogen-bond acceptors (Lipinski definition) is 4. The monoisotopic (exact) mass is 378 g/mol. The maximum atomic E-state index is 10.6. The molecule has 4 nitrogen and oxygen atoms in total. The fourth-order valence-electron chi connectivity index (χ4n) is 1.97. The van der Waals surface area contributed by atoms with E-state index >= 15 is 0 Å². The molecule has 18 heavy (non-hydrogen) atoms. The van der Waals surface area contributed by atoms with Crippen molar-refractivity contribution in [2.75, 3.05) is 23.4 Å². The minimum Gasteiger partial charge on any atom is -0.384 e. The Labute approximate surface area is 124 Å². The number of benzene rings is 1. The van der Waals surface area contributed by atoms with Crippen molar-refractivity contribution in [3.05, 3.63) is 31.9 Å². The second-order valence-electron chi connectivity index (χ2n) is 4.36. The van der Waals surface area contributed by atoms with Gasteiger partial charge in [0, 0.05) is 27.9 Å². The van der Waals surface area contributed by atoms with E-state index in [-0.39, 0.29) is 10.6 Å². The number of nitro groups is 1. The molecule has 0 radical (unpaired) electrons. The summed E-state index contributed by atoms with van der Waals surface area (Å²) in [4.78, 5) is 10.3. The van der Waals surface area contributed by atoms with Crippen LogP contribution < -0.4 is 5.32 Å². The van der Waals surface area contributed by atoms with Crippen molar-refractivity contribution < 1.29 is 4.92 Å².